The Balaban J connectivity index is 1.74. The van der Waals surface area contributed by atoms with Gasteiger partial charge in [-0.15, -0.1) is 0 Å². The van der Waals surface area contributed by atoms with Gasteiger partial charge in [0.1, 0.15) is 0 Å². The van der Waals surface area contributed by atoms with Crippen LogP contribution in [0.25, 0.3) is 32.9 Å². The van der Waals surface area contributed by atoms with Crippen LogP contribution in [0.4, 0.5) is 0 Å². The van der Waals surface area contributed by atoms with Gasteiger partial charge in [-0.25, -0.2) is 0 Å². The van der Waals surface area contributed by atoms with Gasteiger partial charge in [-0.1, -0.05) is 12.1 Å². The number of aromatic nitrogens is 4. The van der Waals surface area contributed by atoms with Gasteiger partial charge in [0.15, 0.2) is 0 Å². The summed E-state index contributed by atoms with van der Waals surface area (Å²) in [5.41, 5.74) is 7.02. The Kier molecular flexibility index (Phi) is 4.24. The third-order valence-electron chi connectivity index (χ3n) is 5.91. The van der Waals surface area contributed by atoms with Crippen molar-refractivity contribution in [2.45, 2.75) is 39.7 Å². The first-order valence-corrected chi connectivity index (χ1v) is 10.1. The van der Waals surface area contributed by atoms with Gasteiger partial charge in [0, 0.05) is 35.6 Å². The van der Waals surface area contributed by atoms with E-state index in [1.54, 1.807) is 6.20 Å². The summed E-state index contributed by atoms with van der Waals surface area (Å²) >= 11 is 0. The highest BCUT2D eigenvalue weighted by atomic mass is 16.5. The van der Waals surface area contributed by atoms with Crippen molar-refractivity contribution in [3.8, 4) is 11.1 Å². The Labute approximate surface area is 168 Å². The fourth-order valence-electron chi connectivity index (χ4n) is 4.66. The maximum Gasteiger partial charge on any atom is 0.259 e. The zero-order valence-corrected chi connectivity index (χ0v) is 17.0. The summed E-state index contributed by atoms with van der Waals surface area (Å²) < 4.78 is 7.53. The molecule has 4 heterocycles. The smallest absolute Gasteiger partial charge is 0.259 e. The number of aromatic amines is 1. The van der Waals surface area contributed by atoms with Crippen LogP contribution in [-0.4, -0.2) is 33.0 Å². The lowest BCUT2D eigenvalue weighted by Crippen LogP contribution is -2.20. The lowest BCUT2D eigenvalue weighted by Gasteiger charge is -2.23. The molecule has 0 saturated carbocycles. The molecule has 1 fully saturated rings. The molecule has 0 aliphatic carbocycles. The zero-order chi connectivity index (χ0) is 20.1. The molecule has 5 rings (SSSR count). The molecule has 0 atom stereocenters. The minimum absolute atomic E-state index is 0.0987. The Bertz CT molecular complexity index is 1270. The van der Waals surface area contributed by atoms with Crippen molar-refractivity contribution < 1.29 is 4.74 Å². The second-order valence-electron chi connectivity index (χ2n) is 7.95. The van der Waals surface area contributed by atoms with E-state index in [1.807, 2.05) is 18.5 Å². The van der Waals surface area contributed by atoms with E-state index in [0.717, 1.165) is 65.0 Å². The minimum Gasteiger partial charge on any atom is -0.381 e. The van der Waals surface area contributed by atoms with Gasteiger partial charge >= 0.3 is 0 Å². The SMILES string of the molecule is Cc1cc(C)c(-c2ccc3c(c2)[nH]c(=O)c2cnn(C4CCOCC4)c23)c(C)n1. The quantitative estimate of drug-likeness (QED) is 0.558. The largest absolute Gasteiger partial charge is 0.381 e. The van der Waals surface area contributed by atoms with Gasteiger partial charge in [0.2, 0.25) is 0 Å². The number of hydrogen-bond acceptors (Lipinski definition) is 4. The second kappa shape index (κ2) is 6.81. The van der Waals surface area contributed by atoms with Crippen LogP contribution in [0.15, 0.2) is 35.3 Å². The molecule has 1 N–H and O–H groups in total. The zero-order valence-electron chi connectivity index (χ0n) is 17.0. The molecule has 0 radical (unpaired) electrons. The maximum absolute atomic E-state index is 12.8. The molecule has 1 aromatic carbocycles. The molecule has 6 nitrogen and oxygen atoms in total. The molecule has 1 aliphatic heterocycles. The van der Waals surface area contributed by atoms with Gasteiger partial charge in [-0.05, 0) is 56.9 Å². The van der Waals surface area contributed by atoms with Crippen LogP contribution in [-0.2, 0) is 4.74 Å². The number of pyridine rings is 2. The van der Waals surface area contributed by atoms with Crippen molar-refractivity contribution in [3.63, 3.8) is 0 Å². The molecule has 1 saturated heterocycles. The number of hydrogen-bond donors (Lipinski definition) is 1. The topological polar surface area (TPSA) is 72.8 Å². The number of ether oxygens (including phenoxy) is 1. The number of nitrogens with zero attached hydrogens (tertiary/aromatic N) is 3. The average Bonchev–Trinajstić information content (AvgIpc) is 3.14. The standard InChI is InChI=1S/C23H24N4O2/c1-13-10-14(2)25-15(3)21(13)16-4-5-18-20(11-16)26-23(28)19-12-24-27(22(18)19)17-6-8-29-9-7-17/h4-5,10-12,17H,6-9H2,1-3H3,(H,26,28). The van der Waals surface area contributed by atoms with Gasteiger partial charge in [-0.3, -0.25) is 14.5 Å². The van der Waals surface area contributed by atoms with Gasteiger partial charge in [0.25, 0.3) is 5.56 Å². The van der Waals surface area contributed by atoms with Crippen molar-refractivity contribution in [2.24, 2.45) is 0 Å². The van der Waals surface area contributed by atoms with Gasteiger partial charge in [-0.2, -0.15) is 5.10 Å². The summed E-state index contributed by atoms with van der Waals surface area (Å²) in [6.45, 7) is 7.61. The average molecular weight is 388 g/mol. The summed E-state index contributed by atoms with van der Waals surface area (Å²) in [4.78, 5) is 20.5. The van der Waals surface area contributed by atoms with Crippen molar-refractivity contribution in [1.82, 2.24) is 19.7 Å². The van der Waals surface area contributed by atoms with Crippen LogP contribution in [0.3, 0.4) is 0 Å². The Hall–Kier alpha value is -2.99. The first kappa shape index (κ1) is 18.1. The van der Waals surface area contributed by atoms with E-state index in [2.05, 4.69) is 46.3 Å². The number of nitrogens with one attached hydrogen (secondary N) is 1. The van der Waals surface area contributed by atoms with E-state index in [1.165, 1.54) is 5.56 Å². The van der Waals surface area contributed by atoms with E-state index in [-0.39, 0.29) is 11.6 Å². The molecule has 4 aromatic rings. The Morgan fingerprint density at radius 3 is 2.66 bits per heavy atom. The Morgan fingerprint density at radius 2 is 1.90 bits per heavy atom. The number of fused-ring (bicyclic) bond motifs is 3. The summed E-state index contributed by atoms with van der Waals surface area (Å²) in [6, 6.07) is 8.63. The van der Waals surface area contributed by atoms with Crippen LogP contribution in [0.5, 0.6) is 0 Å². The molecule has 0 amide bonds. The normalized spacial score (nSPS) is 15.4. The monoisotopic (exact) mass is 388 g/mol. The van der Waals surface area contributed by atoms with Crippen LogP contribution in [0.2, 0.25) is 0 Å². The third kappa shape index (κ3) is 2.95. The highest BCUT2D eigenvalue weighted by molar-refractivity contribution is 6.04. The molecule has 29 heavy (non-hydrogen) atoms. The van der Waals surface area contributed by atoms with Crippen molar-refractivity contribution in [1.29, 1.82) is 0 Å². The van der Waals surface area contributed by atoms with Crippen LogP contribution in [0.1, 0.15) is 35.8 Å². The number of aryl methyl sites for hydroxylation is 3. The maximum atomic E-state index is 12.8. The number of rotatable bonds is 2. The fourth-order valence-corrected chi connectivity index (χ4v) is 4.66. The summed E-state index contributed by atoms with van der Waals surface area (Å²) in [6.07, 6.45) is 3.52. The van der Waals surface area contributed by atoms with Gasteiger partial charge in [0.05, 0.1) is 28.7 Å². The Morgan fingerprint density at radius 1 is 1.10 bits per heavy atom. The molecular weight excluding hydrogens is 364 g/mol. The summed E-state index contributed by atoms with van der Waals surface area (Å²) in [5.74, 6) is 0. The highest BCUT2D eigenvalue weighted by Gasteiger charge is 2.21. The van der Waals surface area contributed by atoms with E-state index in [0.29, 0.717) is 5.39 Å². The predicted molar refractivity (Wildman–Crippen MR) is 114 cm³/mol. The van der Waals surface area contributed by atoms with Crippen LogP contribution in [0, 0.1) is 20.8 Å². The van der Waals surface area contributed by atoms with E-state index in [9.17, 15) is 4.79 Å². The molecule has 0 bridgehead atoms. The van der Waals surface area contributed by atoms with E-state index in [4.69, 9.17) is 4.74 Å². The predicted octanol–water partition coefficient (Wildman–Crippen LogP) is 4.22. The minimum atomic E-state index is -0.0987. The lowest BCUT2D eigenvalue weighted by atomic mass is 9.97. The van der Waals surface area contributed by atoms with Crippen LogP contribution >= 0.6 is 0 Å². The molecule has 3 aromatic heterocycles. The molecule has 0 spiro atoms. The second-order valence-corrected chi connectivity index (χ2v) is 7.95. The molecule has 6 heteroatoms. The van der Waals surface area contributed by atoms with Crippen molar-refractivity contribution >= 4 is 21.8 Å². The molecule has 148 valence electrons. The van der Waals surface area contributed by atoms with Crippen molar-refractivity contribution in [3.05, 3.63) is 57.8 Å². The van der Waals surface area contributed by atoms with Gasteiger partial charge < -0.3 is 9.72 Å². The fraction of sp³-hybridized carbons (Fsp3) is 0.348. The third-order valence-corrected chi connectivity index (χ3v) is 5.91. The summed E-state index contributed by atoms with van der Waals surface area (Å²) in [7, 11) is 0. The number of benzene rings is 1. The first-order chi connectivity index (χ1) is 14.0. The van der Waals surface area contributed by atoms with Crippen LogP contribution < -0.4 is 5.56 Å². The van der Waals surface area contributed by atoms with Crippen molar-refractivity contribution in [2.75, 3.05) is 13.2 Å². The molecule has 0 unspecified atom stereocenters. The molecule has 1 aliphatic rings. The first-order valence-electron chi connectivity index (χ1n) is 10.1. The van der Waals surface area contributed by atoms with E-state index >= 15 is 0 Å². The summed E-state index contributed by atoms with van der Waals surface area (Å²) in [5, 5.41) is 6.24. The highest BCUT2D eigenvalue weighted by Crippen LogP contribution is 2.32. The van der Waals surface area contributed by atoms with E-state index < -0.39 is 0 Å². The lowest BCUT2D eigenvalue weighted by molar-refractivity contribution is 0.0675. The molecular formula is C23H24N4O2. The number of H-pyrrole nitrogens is 1.